The maximum Gasteiger partial charge on any atom is 0.186 e. The third kappa shape index (κ3) is 7.03. The lowest BCUT2D eigenvalue weighted by Gasteiger charge is -2.41. The van der Waals surface area contributed by atoms with Gasteiger partial charge in [0.25, 0.3) is 0 Å². The highest BCUT2D eigenvalue weighted by Gasteiger charge is 2.45. The molecule has 6 heteroatoms. The minimum Gasteiger partial charge on any atom is -0.394 e. The first-order valence-corrected chi connectivity index (χ1v) is 8.92. The number of hydrogen-bond acceptors (Lipinski definition) is 6. The molecule has 1 heterocycles. The van der Waals surface area contributed by atoms with E-state index in [1.165, 1.54) is 45.6 Å². The van der Waals surface area contributed by atoms with E-state index in [0.717, 1.165) is 12.8 Å². The Bertz CT molecular complexity index is 286. The normalized spacial score (nSPS) is 31.4. The van der Waals surface area contributed by atoms with Crippen LogP contribution in [0.4, 0.5) is 0 Å². The van der Waals surface area contributed by atoms with E-state index in [1.54, 1.807) is 0 Å². The predicted octanol–water partition coefficient (Wildman–Crippen LogP) is 1.60. The quantitative estimate of drug-likeness (QED) is 0.470. The maximum absolute atomic E-state index is 10.1. The minimum absolute atomic E-state index is 0.286. The topological polar surface area (TPSA) is 88.4 Å². The van der Waals surface area contributed by atoms with E-state index < -0.39 is 30.7 Å². The summed E-state index contributed by atoms with van der Waals surface area (Å²) in [7, 11) is 1.39. The molecular formula is C17H34O6. The number of unbranched alkanes of at least 4 members (excludes halogenated alkanes) is 7. The van der Waals surface area contributed by atoms with Gasteiger partial charge in [-0.25, -0.2) is 0 Å². The van der Waals surface area contributed by atoms with Crippen LogP contribution < -0.4 is 0 Å². The van der Waals surface area contributed by atoms with Crippen LogP contribution in [0.5, 0.6) is 0 Å². The summed E-state index contributed by atoms with van der Waals surface area (Å²) in [5.41, 5.74) is 0. The average molecular weight is 334 g/mol. The Balaban J connectivity index is 2.19. The number of rotatable bonds is 12. The molecule has 1 aliphatic heterocycles. The summed E-state index contributed by atoms with van der Waals surface area (Å²) in [5, 5.41) is 29.4. The van der Waals surface area contributed by atoms with Crippen LogP contribution in [0.15, 0.2) is 0 Å². The van der Waals surface area contributed by atoms with Gasteiger partial charge in [0.2, 0.25) is 0 Å². The molecule has 5 atom stereocenters. The number of aliphatic hydroxyl groups excluding tert-OH is 3. The first-order valence-electron chi connectivity index (χ1n) is 8.92. The molecular weight excluding hydrogens is 300 g/mol. The van der Waals surface area contributed by atoms with E-state index in [1.807, 2.05) is 0 Å². The monoisotopic (exact) mass is 334 g/mol. The summed E-state index contributed by atoms with van der Waals surface area (Å²) in [6.07, 6.45) is 4.96. The molecule has 23 heavy (non-hydrogen) atoms. The predicted molar refractivity (Wildman–Crippen MR) is 87.1 cm³/mol. The third-order valence-corrected chi connectivity index (χ3v) is 4.36. The molecule has 1 aliphatic rings. The molecule has 0 bridgehead atoms. The molecule has 0 spiro atoms. The molecule has 6 nitrogen and oxygen atoms in total. The molecule has 0 aromatic heterocycles. The number of ether oxygens (including phenoxy) is 3. The van der Waals surface area contributed by atoms with E-state index in [-0.39, 0.29) is 6.61 Å². The van der Waals surface area contributed by atoms with Crippen LogP contribution in [-0.2, 0) is 14.2 Å². The number of aliphatic hydroxyl groups is 3. The van der Waals surface area contributed by atoms with Crippen molar-refractivity contribution in [2.24, 2.45) is 0 Å². The van der Waals surface area contributed by atoms with Gasteiger partial charge in [0, 0.05) is 13.7 Å². The highest BCUT2D eigenvalue weighted by atomic mass is 16.7. The van der Waals surface area contributed by atoms with Crippen molar-refractivity contribution in [1.29, 1.82) is 0 Å². The molecule has 0 aromatic rings. The molecule has 1 saturated heterocycles. The van der Waals surface area contributed by atoms with Gasteiger partial charge >= 0.3 is 0 Å². The van der Waals surface area contributed by atoms with E-state index in [9.17, 15) is 15.3 Å². The van der Waals surface area contributed by atoms with Gasteiger partial charge in [-0.2, -0.15) is 0 Å². The molecule has 0 radical (unpaired) electrons. The van der Waals surface area contributed by atoms with Crippen molar-refractivity contribution < 1.29 is 29.5 Å². The zero-order valence-electron chi connectivity index (χ0n) is 14.5. The Hall–Kier alpha value is -0.240. The Labute approximate surface area is 139 Å². The van der Waals surface area contributed by atoms with Gasteiger partial charge in [0.15, 0.2) is 6.29 Å². The lowest BCUT2D eigenvalue weighted by molar-refractivity contribution is -0.301. The lowest BCUT2D eigenvalue weighted by Crippen LogP contribution is -2.59. The molecule has 1 fully saturated rings. The zero-order chi connectivity index (χ0) is 17.1. The summed E-state index contributed by atoms with van der Waals surface area (Å²) in [6.45, 7) is 2.42. The summed E-state index contributed by atoms with van der Waals surface area (Å²) in [4.78, 5) is 0. The van der Waals surface area contributed by atoms with Crippen molar-refractivity contribution in [2.75, 3.05) is 20.3 Å². The lowest BCUT2D eigenvalue weighted by atomic mass is 9.99. The van der Waals surface area contributed by atoms with E-state index >= 15 is 0 Å². The Kier molecular flexibility index (Phi) is 11.0. The van der Waals surface area contributed by atoms with E-state index in [0.29, 0.717) is 6.61 Å². The van der Waals surface area contributed by atoms with E-state index in [2.05, 4.69) is 6.92 Å². The Morgan fingerprint density at radius 2 is 1.52 bits per heavy atom. The average Bonchev–Trinajstić information content (AvgIpc) is 2.57. The first-order chi connectivity index (χ1) is 11.2. The van der Waals surface area contributed by atoms with Crippen LogP contribution in [-0.4, -0.2) is 66.3 Å². The minimum atomic E-state index is -1.17. The second kappa shape index (κ2) is 12.2. The van der Waals surface area contributed by atoms with Crippen molar-refractivity contribution in [3.05, 3.63) is 0 Å². The first kappa shape index (κ1) is 20.8. The SMILES string of the molecule is CCCCCCCCCCO[C@@H]1C(CO)O[C@H](OC)C(O)C1O. The van der Waals surface area contributed by atoms with Gasteiger partial charge in [-0.1, -0.05) is 51.9 Å². The second-order valence-electron chi connectivity index (χ2n) is 6.25. The Morgan fingerprint density at radius 1 is 0.913 bits per heavy atom. The number of hydrogen-bond donors (Lipinski definition) is 3. The van der Waals surface area contributed by atoms with Crippen molar-refractivity contribution in [3.8, 4) is 0 Å². The summed E-state index contributed by atoms with van der Waals surface area (Å²) in [6, 6.07) is 0. The van der Waals surface area contributed by atoms with Gasteiger partial charge < -0.3 is 29.5 Å². The van der Waals surface area contributed by atoms with Crippen molar-refractivity contribution in [1.82, 2.24) is 0 Å². The van der Waals surface area contributed by atoms with Crippen LogP contribution in [0.25, 0.3) is 0 Å². The van der Waals surface area contributed by atoms with Gasteiger partial charge in [-0.15, -0.1) is 0 Å². The summed E-state index contributed by atoms with van der Waals surface area (Å²) in [5.74, 6) is 0. The van der Waals surface area contributed by atoms with Crippen molar-refractivity contribution in [3.63, 3.8) is 0 Å². The van der Waals surface area contributed by atoms with E-state index in [4.69, 9.17) is 14.2 Å². The fraction of sp³-hybridized carbons (Fsp3) is 1.00. The van der Waals surface area contributed by atoms with Crippen LogP contribution in [0.1, 0.15) is 58.3 Å². The summed E-state index contributed by atoms with van der Waals surface area (Å²) < 4.78 is 16.0. The molecule has 0 amide bonds. The van der Waals surface area contributed by atoms with Gasteiger partial charge in [-0.3, -0.25) is 0 Å². The zero-order valence-corrected chi connectivity index (χ0v) is 14.5. The highest BCUT2D eigenvalue weighted by molar-refractivity contribution is 4.90. The molecule has 138 valence electrons. The largest absolute Gasteiger partial charge is 0.394 e. The highest BCUT2D eigenvalue weighted by Crippen LogP contribution is 2.24. The van der Waals surface area contributed by atoms with Crippen LogP contribution in [0.2, 0.25) is 0 Å². The van der Waals surface area contributed by atoms with Crippen molar-refractivity contribution >= 4 is 0 Å². The fourth-order valence-corrected chi connectivity index (χ4v) is 2.91. The standard InChI is InChI=1S/C17H34O6/c1-3-4-5-6-7-8-9-10-11-22-16-13(12-18)23-17(21-2)15(20)14(16)19/h13-20H,3-12H2,1-2H3/t13?,14?,15?,16-,17+/m1/s1. The van der Waals surface area contributed by atoms with Crippen LogP contribution >= 0.6 is 0 Å². The Morgan fingerprint density at radius 3 is 2.09 bits per heavy atom. The van der Waals surface area contributed by atoms with Gasteiger partial charge in [0.05, 0.1) is 6.61 Å². The molecule has 0 saturated carbocycles. The van der Waals surface area contributed by atoms with Gasteiger partial charge in [-0.05, 0) is 6.42 Å². The molecule has 0 aliphatic carbocycles. The molecule has 1 rings (SSSR count). The second-order valence-corrected chi connectivity index (χ2v) is 6.25. The molecule has 3 N–H and O–H groups in total. The van der Waals surface area contributed by atoms with Crippen molar-refractivity contribution in [2.45, 2.75) is 89.0 Å². The molecule has 3 unspecified atom stereocenters. The number of methoxy groups -OCH3 is 1. The fourth-order valence-electron chi connectivity index (χ4n) is 2.91. The van der Waals surface area contributed by atoms with Gasteiger partial charge in [0.1, 0.15) is 24.4 Å². The van der Waals surface area contributed by atoms with Crippen LogP contribution in [0, 0.1) is 0 Å². The summed E-state index contributed by atoms with van der Waals surface area (Å²) >= 11 is 0. The smallest absolute Gasteiger partial charge is 0.186 e. The maximum atomic E-state index is 10.1. The molecule has 0 aromatic carbocycles. The third-order valence-electron chi connectivity index (χ3n) is 4.36. The van der Waals surface area contributed by atoms with Crippen LogP contribution in [0.3, 0.4) is 0 Å².